The highest BCUT2D eigenvalue weighted by Gasteiger charge is 2.34. The molecule has 0 aromatic heterocycles. The lowest BCUT2D eigenvalue weighted by Gasteiger charge is -2.14. The van der Waals surface area contributed by atoms with E-state index in [1.54, 1.807) is 12.1 Å². The van der Waals surface area contributed by atoms with Crippen molar-refractivity contribution in [1.29, 1.82) is 0 Å². The zero-order chi connectivity index (χ0) is 25.3. The van der Waals surface area contributed by atoms with Crippen LogP contribution in [0.15, 0.2) is 76.5 Å². The van der Waals surface area contributed by atoms with Crippen LogP contribution in [0, 0.1) is 22.9 Å². The molecular weight excluding hydrogens is 515 g/mol. The van der Waals surface area contributed by atoms with E-state index in [-0.39, 0.29) is 31.2 Å². The van der Waals surface area contributed by atoms with Crippen LogP contribution in [0.25, 0.3) is 6.08 Å². The van der Waals surface area contributed by atoms with Gasteiger partial charge >= 0.3 is 10.1 Å². The van der Waals surface area contributed by atoms with Gasteiger partial charge < -0.3 is 4.18 Å². The number of nitrogens with zero attached hydrogens (tertiary/aromatic N) is 2. The summed E-state index contributed by atoms with van der Waals surface area (Å²) in [5, 5.41) is 11.1. The SMILES string of the molecule is Cc1ccc(S(=O)(=O)Oc2ccc(/C=C3/SC(=S)N(c4ccccc4F)C3=O)cc2)cc1[N+](=O)[O-]. The van der Waals surface area contributed by atoms with E-state index in [0.29, 0.717) is 11.1 Å². The highest BCUT2D eigenvalue weighted by molar-refractivity contribution is 8.27. The number of carbonyl (C=O) groups excluding carboxylic acids is 1. The predicted molar refractivity (Wildman–Crippen MR) is 134 cm³/mol. The molecule has 3 aromatic rings. The Bertz CT molecular complexity index is 1500. The molecule has 8 nitrogen and oxygen atoms in total. The Kier molecular flexibility index (Phi) is 6.70. The van der Waals surface area contributed by atoms with Gasteiger partial charge in [-0.05, 0) is 48.9 Å². The van der Waals surface area contributed by atoms with E-state index in [2.05, 4.69) is 0 Å². The lowest BCUT2D eigenvalue weighted by Crippen LogP contribution is -2.28. The first-order valence-corrected chi connectivity index (χ1v) is 12.5. The number of para-hydroxylation sites is 1. The molecule has 0 radical (unpaired) electrons. The fourth-order valence-corrected chi connectivity index (χ4v) is 5.43. The second-order valence-electron chi connectivity index (χ2n) is 7.28. The van der Waals surface area contributed by atoms with Crippen LogP contribution >= 0.6 is 24.0 Å². The monoisotopic (exact) mass is 530 g/mol. The fourth-order valence-electron chi connectivity index (χ4n) is 3.20. The molecule has 35 heavy (non-hydrogen) atoms. The quantitative estimate of drug-likeness (QED) is 0.140. The Morgan fingerprint density at radius 3 is 2.46 bits per heavy atom. The van der Waals surface area contributed by atoms with Crippen molar-refractivity contribution in [2.24, 2.45) is 0 Å². The number of thiocarbonyl (C=S) groups is 1. The standard InChI is InChI=1S/C23H15FN2O6S3/c1-14-6-11-17(13-20(14)26(28)29)35(30,31)32-16-9-7-15(8-10-16)12-21-22(27)25(23(33)34-21)19-5-3-2-4-18(19)24/h2-13H,1H3/b21-12+. The first-order chi connectivity index (χ1) is 16.6. The summed E-state index contributed by atoms with van der Waals surface area (Å²) in [4.78, 5) is 24.3. The highest BCUT2D eigenvalue weighted by Crippen LogP contribution is 2.37. The molecule has 3 aromatic carbocycles. The fraction of sp³-hybridized carbons (Fsp3) is 0.0435. The maximum absolute atomic E-state index is 14.1. The van der Waals surface area contributed by atoms with Gasteiger partial charge in [0.1, 0.15) is 16.5 Å². The number of aryl methyl sites for hydroxylation is 1. The molecular formula is C23H15FN2O6S3. The van der Waals surface area contributed by atoms with E-state index >= 15 is 0 Å². The Morgan fingerprint density at radius 1 is 1.11 bits per heavy atom. The van der Waals surface area contributed by atoms with Crippen molar-refractivity contribution in [1.82, 2.24) is 0 Å². The molecule has 1 fully saturated rings. The van der Waals surface area contributed by atoms with Crippen LogP contribution in [0.3, 0.4) is 0 Å². The maximum atomic E-state index is 14.1. The first kappa shape index (κ1) is 24.5. The average molecular weight is 531 g/mol. The molecule has 1 amide bonds. The van der Waals surface area contributed by atoms with Gasteiger partial charge in [-0.3, -0.25) is 19.8 Å². The largest absolute Gasteiger partial charge is 0.379 e. The minimum absolute atomic E-state index is 0.0238. The second-order valence-corrected chi connectivity index (χ2v) is 10.5. The van der Waals surface area contributed by atoms with Gasteiger partial charge in [-0.25, -0.2) is 4.39 Å². The van der Waals surface area contributed by atoms with Crippen LogP contribution in [-0.2, 0) is 14.9 Å². The van der Waals surface area contributed by atoms with Crippen molar-refractivity contribution >= 4 is 61.8 Å². The molecule has 0 atom stereocenters. The number of nitro benzene ring substituents is 1. The zero-order valence-electron chi connectivity index (χ0n) is 17.9. The molecule has 0 aliphatic carbocycles. The van der Waals surface area contributed by atoms with E-state index < -0.39 is 26.8 Å². The summed E-state index contributed by atoms with van der Waals surface area (Å²) in [7, 11) is -4.32. The topological polar surface area (TPSA) is 107 Å². The number of nitro groups is 1. The number of carbonyl (C=O) groups is 1. The van der Waals surface area contributed by atoms with Gasteiger partial charge in [0.2, 0.25) is 0 Å². The first-order valence-electron chi connectivity index (χ1n) is 9.89. The van der Waals surface area contributed by atoms with Gasteiger partial charge in [-0.2, -0.15) is 8.42 Å². The normalized spacial score (nSPS) is 15.0. The Balaban J connectivity index is 1.53. The van der Waals surface area contributed by atoms with E-state index in [0.717, 1.165) is 22.7 Å². The van der Waals surface area contributed by atoms with Gasteiger partial charge in [0.05, 0.1) is 15.5 Å². The van der Waals surface area contributed by atoms with Crippen LogP contribution in [0.5, 0.6) is 5.75 Å². The lowest BCUT2D eigenvalue weighted by atomic mass is 10.2. The van der Waals surface area contributed by atoms with E-state index in [1.807, 2.05) is 0 Å². The molecule has 178 valence electrons. The van der Waals surface area contributed by atoms with Crippen molar-refractivity contribution in [3.8, 4) is 5.75 Å². The minimum Gasteiger partial charge on any atom is -0.379 e. The minimum atomic E-state index is -4.32. The Hall–Kier alpha value is -3.61. The van der Waals surface area contributed by atoms with Crippen LogP contribution in [-0.4, -0.2) is 23.6 Å². The number of rotatable bonds is 6. The van der Waals surface area contributed by atoms with Gasteiger partial charge in [0.25, 0.3) is 11.6 Å². The number of thioether (sulfide) groups is 1. The summed E-state index contributed by atoms with van der Waals surface area (Å²) in [5.41, 5.74) is 0.592. The van der Waals surface area contributed by atoms with Crippen molar-refractivity contribution in [2.75, 3.05) is 4.90 Å². The molecule has 12 heteroatoms. The highest BCUT2D eigenvalue weighted by atomic mass is 32.2. The number of halogens is 1. The van der Waals surface area contributed by atoms with Crippen molar-refractivity contribution in [3.05, 3.63) is 98.7 Å². The van der Waals surface area contributed by atoms with Gasteiger partial charge in [0.15, 0.2) is 4.32 Å². The zero-order valence-corrected chi connectivity index (χ0v) is 20.3. The molecule has 0 spiro atoms. The number of anilines is 1. The predicted octanol–water partition coefficient (Wildman–Crippen LogP) is 5.22. The third kappa shape index (κ3) is 5.09. The van der Waals surface area contributed by atoms with E-state index in [4.69, 9.17) is 16.4 Å². The van der Waals surface area contributed by atoms with E-state index in [1.165, 1.54) is 61.5 Å². The van der Waals surface area contributed by atoms with Crippen molar-refractivity contribution in [3.63, 3.8) is 0 Å². The van der Waals surface area contributed by atoms with Gasteiger partial charge in [0, 0.05) is 11.6 Å². The average Bonchev–Trinajstić information content (AvgIpc) is 3.08. The molecule has 1 heterocycles. The van der Waals surface area contributed by atoms with E-state index in [9.17, 15) is 27.7 Å². The number of hydrogen-bond acceptors (Lipinski definition) is 8. The maximum Gasteiger partial charge on any atom is 0.339 e. The molecule has 0 N–H and O–H groups in total. The molecule has 1 saturated heterocycles. The van der Waals surface area contributed by atoms with Crippen LogP contribution < -0.4 is 9.08 Å². The second kappa shape index (κ2) is 9.56. The summed E-state index contributed by atoms with van der Waals surface area (Å²) in [6, 6.07) is 15.1. The van der Waals surface area contributed by atoms with Crippen LogP contribution in [0.2, 0.25) is 0 Å². The summed E-state index contributed by atoms with van der Waals surface area (Å²) in [6.07, 6.45) is 1.54. The number of benzene rings is 3. The van der Waals surface area contributed by atoms with Crippen molar-refractivity contribution in [2.45, 2.75) is 11.8 Å². The van der Waals surface area contributed by atoms with Crippen LogP contribution in [0.4, 0.5) is 15.8 Å². The smallest absolute Gasteiger partial charge is 0.339 e. The Labute approximate surface area is 209 Å². The number of amides is 1. The molecule has 0 saturated carbocycles. The molecule has 1 aliphatic rings. The van der Waals surface area contributed by atoms with Crippen LogP contribution in [0.1, 0.15) is 11.1 Å². The third-order valence-electron chi connectivity index (χ3n) is 4.94. The summed E-state index contributed by atoms with van der Waals surface area (Å²) in [5.74, 6) is -1.08. The third-order valence-corrected chi connectivity index (χ3v) is 7.48. The Morgan fingerprint density at radius 2 is 1.80 bits per heavy atom. The van der Waals surface area contributed by atoms with Gasteiger partial charge in [-0.15, -0.1) is 0 Å². The molecule has 0 unspecified atom stereocenters. The molecule has 4 rings (SSSR count). The molecule has 1 aliphatic heterocycles. The number of hydrogen-bond donors (Lipinski definition) is 0. The molecule has 0 bridgehead atoms. The summed E-state index contributed by atoms with van der Waals surface area (Å²) in [6.45, 7) is 1.50. The summed E-state index contributed by atoms with van der Waals surface area (Å²) >= 11 is 6.26. The van der Waals surface area contributed by atoms with Gasteiger partial charge in [-0.1, -0.05) is 54.3 Å². The lowest BCUT2D eigenvalue weighted by molar-refractivity contribution is -0.385. The van der Waals surface area contributed by atoms with Crippen molar-refractivity contribution < 1.29 is 26.7 Å². The summed E-state index contributed by atoms with van der Waals surface area (Å²) < 4.78 is 44.6.